The third kappa shape index (κ3) is 6.18. The Bertz CT molecular complexity index is 4590. The number of hydrogen-bond donors (Lipinski definition) is 0. The Labute approximate surface area is 416 Å². The number of rotatable bonds is 5. The Morgan fingerprint density at radius 3 is 1.04 bits per heavy atom. The van der Waals surface area contributed by atoms with Gasteiger partial charge in [0.15, 0.2) is 0 Å². The number of alkyl halides is 6. The fourth-order valence-corrected chi connectivity index (χ4v) is 11.7. The Hall–Kier alpha value is -9.53. The standard InChI is InChI=1S/C63H35F6N5/c64-62(65,66)49-20-13-21-50(63(67,68)69)60(49)47-32-33-57(73-55-26-11-5-18-43(55)45-30-28-37(34-58(45)73)71-51-22-7-1-14-39(51)40-15-2-8-23-52(40)71)48(36-70)61(47)74-56-27-12-6-19-44(56)46-31-29-38(35-59(46)74)72-53-24-9-3-16-41(53)42-17-4-10-25-54(42)72/h1-35H. The monoisotopic (exact) mass is 975 g/mol. The van der Waals surface area contributed by atoms with Crippen molar-refractivity contribution in [1.29, 1.82) is 5.26 Å². The number of para-hydroxylation sites is 6. The van der Waals surface area contributed by atoms with E-state index in [1.165, 1.54) is 12.1 Å². The maximum atomic E-state index is 15.5. The Balaban J connectivity index is 1.14. The van der Waals surface area contributed by atoms with E-state index in [4.69, 9.17) is 0 Å². The molecule has 0 saturated heterocycles. The highest BCUT2D eigenvalue weighted by Crippen LogP contribution is 2.50. The maximum absolute atomic E-state index is 15.5. The van der Waals surface area contributed by atoms with Crippen LogP contribution in [0, 0.1) is 11.3 Å². The zero-order valence-electron chi connectivity index (χ0n) is 38.7. The molecule has 14 aromatic rings. The molecule has 74 heavy (non-hydrogen) atoms. The lowest BCUT2D eigenvalue weighted by Crippen LogP contribution is -2.16. The lowest BCUT2D eigenvalue weighted by molar-refractivity contribution is -0.142. The van der Waals surface area contributed by atoms with E-state index in [-0.39, 0.29) is 16.9 Å². The summed E-state index contributed by atoms with van der Waals surface area (Å²) in [5, 5.41) is 19.0. The van der Waals surface area contributed by atoms with Crippen molar-refractivity contribution in [3.63, 3.8) is 0 Å². The van der Waals surface area contributed by atoms with Crippen molar-refractivity contribution in [2.24, 2.45) is 0 Å². The number of hydrogen-bond acceptors (Lipinski definition) is 1. The molecular formula is C63H35F6N5. The largest absolute Gasteiger partial charge is 0.417 e. The topological polar surface area (TPSA) is 43.5 Å². The lowest BCUT2D eigenvalue weighted by atomic mass is 9.90. The molecule has 0 N–H and O–H groups in total. The van der Waals surface area contributed by atoms with Crippen LogP contribution in [0.25, 0.3) is 121 Å². The average Bonchev–Trinajstić information content (AvgIpc) is 4.15. The summed E-state index contributed by atoms with van der Waals surface area (Å²) in [6.07, 6.45) is -10.4. The minimum atomic E-state index is -5.22. The van der Waals surface area contributed by atoms with Crippen LogP contribution in [0.1, 0.15) is 16.7 Å². The van der Waals surface area contributed by atoms with Crippen LogP contribution in [-0.2, 0) is 12.4 Å². The van der Waals surface area contributed by atoms with Gasteiger partial charge < -0.3 is 18.3 Å². The van der Waals surface area contributed by atoms with Crippen molar-refractivity contribution in [2.45, 2.75) is 12.4 Å². The Kier molecular flexibility index (Phi) is 9.20. The van der Waals surface area contributed by atoms with Crippen LogP contribution >= 0.6 is 0 Å². The third-order valence-corrected chi connectivity index (χ3v) is 14.7. The third-order valence-electron chi connectivity index (χ3n) is 14.7. The van der Waals surface area contributed by atoms with Gasteiger partial charge >= 0.3 is 12.4 Å². The van der Waals surface area contributed by atoms with Gasteiger partial charge in [-0.25, -0.2) is 0 Å². The highest BCUT2D eigenvalue weighted by atomic mass is 19.4. The van der Waals surface area contributed by atoms with Gasteiger partial charge in [-0.15, -0.1) is 0 Å². The van der Waals surface area contributed by atoms with Crippen LogP contribution in [0.4, 0.5) is 26.3 Å². The molecule has 0 fully saturated rings. The van der Waals surface area contributed by atoms with Gasteiger partial charge in [-0.2, -0.15) is 31.6 Å². The van der Waals surface area contributed by atoms with Gasteiger partial charge in [-0.3, -0.25) is 0 Å². The molecule has 0 aliphatic rings. The maximum Gasteiger partial charge on any atom is 0.417 e. The number of benzene rings is 10. The molecule has 0 aliphatic heterocycles. The quantitative estimate of drug-likeness (QED) is 0.159. The van der Waals surface area contributed by atoms with Crippen molar-refractivity contribution in [2.75, 3.05) is 0 Å². The fraction of sp³-hybridized carbons (Fsp3) is 0.0317. The van der Waals surface area contributed by atoms with E-state index < -0.39 is 34.6 Å². The minimum Gasteiger partial charge on any atom is -0.309 e. The van der Waals surface area contributed by atoms with Crippen LogP contribution in [0.5, 0.6) is 0 Å². The molecule has 4 aromatic heterocycles. The molecule has 0 unspecified atom stereocenters. The highest BCUT2D eigenvalue weighted by Gasteiger charge is 2.42. The summed E-state index contributed by atoms with van der Waals surface area (Å²) >= 11 is 0. The van der Waals surface area contributed by atoms with Crippen LogP contribution in [0.15, 0.2) is 212 Å². The molecular weight excluding hydrogens is 941 g/mol. The predicted molar refractivity (Wildman–Crippen MR) is 284 cm³/mol. The first-order valence-corrected chi connectivity index (χ1v) is 23.9. The van der Waals surface area contributed by atoms with Crippen LogP contribution in [0.2, 0.25) is 0 Å². The second-order valence-corrected chi connectivity index (χ2v) is 18.5. The van der Waals surface area contributed by atoms with Crippen molar-refractivity contribution in [1.82, 2.24) is 18.3 Å². The second-order valence-electron chi connectivity index (χ2n) is 18.5. The Morgan fingerprint density at radius 1 is 0.324 bits per heavy atom. The fourth-order valence-electron chi connectivity index (χ4n) is 11.7. The molecule has 0 saturated carbocycles. The SMILES string of the molecule is N#Cc1c(-n2c3ccccc3c3ccc(-n4c5ccccc5c5ccccc54)cc32)ccc(-c2c(C(F)(F)F)cccc2C(F)(F)F)c1-n1c2ccccc2c2ccc(-n3c4ccccc4c4ccccc43)cc21. The van der Waals surface area contributed by atoms with Crippen molar-refractivity contribution >= 4 is 87.2 Å². The molecule has 0 bridgehead atoms. The van der Waals surface area contributed by atoms with Gasteiger partial charge in [-0.1, -0.05) is 133 Å². The van der Waals surface area contributed by atoms with Crippen LogP contribution < -0.4 is 0 Å². The first kappa shape index (κ1) is 43.3. The van der Waals surface area contributed by atoms with Crippen LogP contribution in [0.3, 0.4) is 0 Å². The smallest absolute Gasteiger partial charge is 0.309 e. The van der Waals surface area contributed by atoms with Gasteiger partial charge in [0.25, 0.3) is 0 Å². The number of nitrogens with zero attached hydrogens (tertiary/aromatic N) is 5. The van der Waals surface area contributed by atoms with E-state index in [1.54, 1.807) is 16.7 Å². The van der Waals surface area contributed by atoms with Crippen molar-refractivity contribution in [3.05, 3.63) is 229 Å². The van der Waals surface area contributed by atoms with Crippen LogP contribution in [-0.4, -0.2) is 18.3 Å². The number of nitriles is 1. The molecule has 5 nitrogen and oxygen atoms in total. The number of halogens is 6. The van der Waals surface area contributed by atoms with E-state index in [2.05, 4.69) is 39.5 Å². The first-order chi connectivity index (χ1) is 36.0. The summed E-state index contributed by atoms with van der Waals surface area (Å²) < 4.78 is 101. The number of aromatic nitrogens is 4. The minimum absolute atomic E-state index is 0.137. The first-order valence-electron chi connectivity index (χ1n) is 23.9. The van der Waals surface area contributed by atoms with E-state index in [1.807, 2.05) is 150 Å². The molecule has 0 amide bonds. The molecule has 0 atom stereocenters. The average molecular weight is 976 g/mol. The molecule has 4 heterocycles. The van der Waals surface area contributed by atoms with Crippen molar-refractivity contribution in [3.8, 4) is 39.9 Å². The Morgan fingerprint density at radius 2 is 0.662 bits per heavy atom. The van der Waals surface area contributed by atoms with Gasteiger partial charge in [-0.05, 0) is 78.9 Å². The summed E-state index contributed by atoms with van der Waals surface area (Å²) in [6, 6.07) is 66.3. The van der Waals surface area contributed by atoms with E-state index >= 15 is 26.3 Å². The van der Waals surface area contributed by atoms with Gasteiger partial charge in [0.2, 0.25) is 0 Å². The van der Waals surface area contributed by atoms with E-state index in [0.717, 1.165) is 66.1 Å². The molecule has 10 aromatic carbocycles. The zero-order valence-corrected chi connectivity index (χ0v) is 38.7. The summed E-state index contributed by atoms with van der Waals surface area (Å²) in [5.41, 5.74) is 3.07. The van der Waals surface area contributed by atoms with Gasteiger partial charge in [0, 0.05) is 65.6 Å². The highest BCUT2D eigenvalue weighted by molar-refractivity contribution is 6.15. The summed E-state index contributed by atoms with van der Waals surface area (Å²) in [5.74, 6) is 0. The summed E-state index contributed by atoms with van der Waals surface area (Å²) in [7, 11) is 0. The molecule has 354 valence electrons. The number of fused-ring (bicyclic) bond motifs is 12. The molecule has 0 spiro atoms. The van der Waals surface area contributed by atoms with Gasteiger partial charge in [0.1, 0.15) is 11.6 Å². The molecule has 0 radical (unpaired) electrons. The molecule has 14 rings (SSSR count). The second kappa shape index (κ2) is 15.7. The normalized spacial score (nSPS) is 12.4. The van der Waals surface area contributed by atoms with E-state index in [0.29, 0.717) is 50.7 Å². The van der Waals surface area contributed by atoms with E-state index in [9.17, 15) is 5.26 Å². The summed E-state index contributed by atoms with van der Waals surface area (Å²) in [6.45, 7) is 0. The van der Waals surface area contributed by atoms with Crippen molar-refractivity contribution < 1.29 is 26.3 Å². The molecule has 11 heteroatoms. The lowest BCUT2D eigenvalue weighted by Gasteiger charge is -2.24. The predicted octanol–water partition coefficient (Wildman–Crippen LogP) is 17.7. The zero-order chi connectivity index (χ0) is 50.2. The van der Waals surface area contributed by atoms with Gasteiger partial charge in [0.05, 0.1) is 66.6 Å². The molecule has 0 aliphatic carbocycles. The summed E-state index contributed by atoms with van der Waals surface area (Å²) in [4.78, 5) is 0.